The molecule has 0 aromatic carbocycles. The summed E-state index contributed by atoms with van der Waals surface area (Å²) in [5, 5.41) is 1.92. The third kappa shape index (κ3) is 5.64. The van der Waals surface area contributed by atoms with E-state index in [1.54, 1.807) is 0 Å². The number of halogens is 3. The molecule has 0 aliphatic carbocycles. The number of hydrogen-bond donors (Lipinski definition) is 1. The van der Waals surface area contributed by atoms with E-state index in [4.69, 9.17) is 0 Å². The molecule has 0 heterocycles. The van der Waals surface area contributed by atoms with Crippen LogP contribution in [0.25, 0.3) is 0 Å². The molecule has 0 fully saturated rings. The van der Waals surface area contributed by atoms with Crippen LogP contribution in [0.2, 0.25) is 0 Å². The Balaban J connectivity index is 4.17. The zero-order valence-corrected chi connectivity index (χ0v) is 9.32. The third-order valence-electron chi connectivity index (χ3n) is 2.57. The summed E-state index contributed by atoms with van der Waals surface area (Å²) in [6.45, 7) is 4.37. The molecule has 1 N–H and O–H groups in total. The van der Waals surface area contributed by atoms with Crippen LogP contribution in [0.15, 0.2) is 0 Å². The summed E-state index contributed by atoms with van der Waals surface area (Å²) in [6.07, 6.45) is -2.97. The van der Waals surface area contributed by atoms with Gasteiger partial charge in [0.05, 0.1) is 0 Å². The first-order chi connectivity index (χ1) is 6.81. The molecule has 0 spiro atoms. The Hall–Kier alpha value is -0.740. The first kappa shape index (κ1) is 14.3. The molecule has 1 amide bonds. The quantitative estimate of drug-likeness (QED) is 0.765. The van der Waals surface area contributed by atoms with Crippen molar-refractivity contribution in [2.45, 2.75) is 39.8 Å². The highest BCUT2D eigenvalue weighted by molar-refractivity contribution is 5.78. The second-order valence-electron chi connectivity index (χ2n) is 3.73. The number of nitrogens with one attached hydrogen (secondary N) is 1. The summed E-state index contributed by atoms with van der Waals surface area (Å²) in [5.41, 5.74) is 0. The van der Waals surface area contributed by atoms with Gasteiger partial charge in [-0.25, -0.2) is 0 Å². The van der Waals surface area contributed by atoms with Gasteiger partial charge in [-0.2, -0.15) is 13.2 Å². The lowest BCUT2D eigenvalue weighted by atomic mass is 9.89. The van der Waals surface area contributed by atoms with Gasteiger partial charge in [0.2, 0.25) is 5.91 Å². The van der Waals surface area contributed by atoms with Gasteiger partial charge in [0.25, 0.3) is 0 Å². The molecule has 0 saturated heterocycles. The SMILES string of the molecule is CCC(C)C(CC)C(=O)NCC(F)(F)F. The molecule has 0 saturated carbocycles. The Morgan fingerprint density at radius 2 is 1.80 bits per heavy atom. The van der Waals surface area contributed by atoms with E-state index in [9.17, 15) is 18.0 Å². The fraction of sp³-hybridized carbons (Fsp3) is 0.900. The molecule has 0 aliphatic rings. The number of carbonyl (C=O) groups excluding carboxylic acids is 1. The van der Waals surface area contributed by atoms with E-state index in [-0.39, 0.29) is 11.8 Å². The highest BCUT2D eigenvalue weighted by atomic mass is 19.4. The summed E-state index contributed by atoms with van der Waals surface area (Å²) in [5.74, 6) is -0.704. The van der Waals surface area contributed by atoms with E-state index in [0.29, 0.717) is 6.42 Å². The number of carbonyl (C=O) groups is 1. The number of hydrogen-bond acceptors (Lipinski definition) is 1. The third-order valence-corrected chi connectivity index (χ3v) is 2.57. The molecule has 0 aromatic rings. The molecular weight excluding hydrogens is 207 g/mol. The minimum absolute atomic E-state index is 0.114. The monoisotopic (exact) mass is 225 g/mol. The van der Waals surface area contributed by atoms with Crippen molar-refractivity contribution in [3.63, 3.8) is 0 Å². The van der Waals surface area contributed by atoms with Gasteiger partial charge in [-0.05, 0) is 12.3 Å². The molecular formula is C10H18F3NO. The summed E-state index contributed by atoms with van der Waals surface area (Å²) in [6, 6.07) is 0. The van der Waals surface area contributed by atoms with Crippen molar-refractivity contribution >= 4 is 5.91 Å². The second kappa shape index (κ2) is 5.98. The minimum Gasteiger partial charge on any atom is -0.347 e. The summed E-state index contributed by atoms with van der Waals surface area (Å²) in [7, 11) is 0. The van der Waals surface area contributed by atoms with Gasteiger partial charge in [0, 0.05) is 5.92 Å². The molecule has 0 aromatic heterocycles. The van der Waals surface area contributed by atoms with Gasteiger partial charge in [-0.1, -0.05) is 27.2 Å². The fourth-order valence-corrected chi connectivity index (χ4v) is 1.45. The van der Waals surface area contributed by atoms with Crippen LogP contribution >= 0.6 is 0 Å². The topological polar surface area (TPSA) is 29.1 Å². The second-order valence-corrected chi connectivity index (χ2v) is 3.73. The standard InChI is InChI=1S/C10H18F3NO/c1-4-7(3)8(5-2)9(15)14-6-10(11,12)13/h7-8H,4-6H2,1-3H3,(H,14,15). The lowest BCUT2D eigenvalue weighted by Gasteiger charge is -2.21. The maximum atomic E-state index is 11.9. The average molecular weight is 225 g/mol. The van der Waals surface area contributed by atoms with Gasteiger partial charge in [0.1, 0.15) is 6.54 Å². The van der Waals surface area contributed by atoms with Crippen LogP contribution in [0.4, 0.5) is 13.2 Å². The molecule has 2 nitrogen and oxygen atoms in total. The van der Waals surface area contributed by atoms with E-state index in [1.165, 1.54) is 0 Å². The molecule has 15 heavy (non-hydrogen) atoms. The molecule has 5 heteroatoms. The smallest absolute Gasteiger partial charge is 0.347 e. The van der Waals surface area contributed by atoms with Crippen molar-refractivity contribution in [2.75, 3.05) is 6.54 Å². The highest BCUT2D eigenvalue weighted by Gasteiger charge is 2.30. The maximum absolute atomic E-state index is 11.9. The highest BCUT2D eigenvalue weighted by Crippen LogP contribution is 2.19. The van der Waals surface area contributed by atoms with Crippen molar-refractivity contribution in [1.29, 1.82) is 0 Å². The van der Waals surface area contributed by atoms with Crippen molar-refractivity contribution in [1.82, 2.24) is 5.32 Å². The lowest BCUT2D eigenvalue weighted by Crippen LogP contribution is -2.39. The zero-order valence-electron chi connectivity index (χ0n) is 9.32. The first-order valence-electron chi connectivity index (χ1n) is 5.16. The summed E-state index contributed by atoms with van der Waals surface area (Å²) >= 11 is 0. The Bertz CT molecular complexity index is 203. The molecule has 2 atom stereocenters. The Kier molecular flexibility index (Phi) is 5.68. The molecule has 2 unspecified atom stereocenters. The first-order valence-corrected chi connectivity index (χ1v) is 5.16. The molecule has 0 aliphatic heterocycles. The van der Waals surface area contributed by atoms with Crippen LogP contribution in [-0.2, 0) is 4.79 Å². The largest absolute Gasteiger partial charge is 0.405 e. The Labute approximate surface area is 88.2 Å². The van der Waals surface area contributed by atoms with Gasteiger partial charge in [0.15, 0.2) is 0 Å². The molecule has 90 valence electrons. The van der Waals surface area contributed by atoms with Crippen molar-refractivity contribution in [3.8, 4) is 0 Å². The van der Waals surface area contributed by atoms with Gasteiger partial charge in [-0.3, -0.25) is 4.79 Å². The number of alkyl halides is 3. The zero-order chi connectivity index (χ0) is 12.1. The maximum Gasteiger partial charge on any atom is 0.405 e. The summed E-state index contributed by atoms with van der Waals surface area (Å²) in [4.78, 5) is 11.4. The van der Waals surface area contributed by atoms with E-state index in [1.807, 2.05) is 26.1 Å². The van der Waals surface area contributed by atoms with Gasteiger partial charge in [-0.15, -0.1) is 0 Å². The van der Waals surface area contributed by atoms with Crippen LogP contribution in [-0.4, -0.2) is 18.6 Å². The van der Waals surface area contributed by atoms with Crippen LogP contribution < -0.4 is 5.32 Å². The molecule has 0 radical (unpaired) electrons. The van der Waals surface area contributed by atoms with E-state index < -0.39 is 18.6 Å². The predicted molar refractivity (Wildman–Crippen MR) is 52.3 cm³/mol. The lowest BCUT2D eigenvalue weighted by molar-refractivity contribution is -0.141. The molecule has 0 bridgehead atoms. The van der Waals surface area contributed by atoms with E-state index in [2.05, 4.69) is 0 Å². The predicted octanol–water partition coefficient (Wildman–Crippen LogP) is 2.74. The fourth-order valence-electron chi connectivity index (χ4n) is 1.45. The van der Waals surface area contributed by atoms with Gasteiger partial charge < -0.3 is 5.32 Å². The van der Waals surface area contributed by atoms with Crippen LogP contribution in [0.3, 0.4) is 0 Å². The van der Waals surface area contributed by atoms with E-state index in [0.717, 1.165) is 6.42 Å². The van der Waals surface area contributed by atoms with Crippen molar-refractivity contribution in [3.05, 3.63) is 0 Å². The average Bonchev–Trinajstić information content (AvgIpc) is 2.14. The minimum atomic E-state index is -4.33. The van der Waals surface area contributed by atoms with Crippen LogP contribution in [0.5, 0.6) is 0 Å². The van der Waals surface area contributed by atoms with Gasteiger partial charge >= 0.3 is 6.18 Å². The van der Waals surface area contributed by atoms with Crippen LogP contribution in [0, 0.1) is 11.8 Å². The number of amides is 1. The van der Waals surface area contributed by atoms with E-state index >= 15 is 0 Å². The van der Waals surface area contributed by atoms with Crippen molar-refractivity contribution < 1.29 is 18.0 Å². The summed E-state index contributed by atoms with van der Waals surface area (Å²) < 4.78 is 35.6. The Morgan fingerprint density at radius 3 is 2.13 bits per heavy atom. The van der Waals surface area contributed by atoms with Crippen LogP contribution in [0.1, 0.15) is 33.6 Å². The van der Waals surface area contributed by atoms with Crippen molar-refractivity contribution in [2.24, 2.45) is 11.8 Å². The number of rotatable bonds is 5. The Morgan fingerprint density at radius 1 is 1.27 bits per heavy atom. The normalized spacial score (nSPS) is 15.9. The molecule has 0 rings (SSSR count).